The van der Waals surface area contributed by atoms with Gasteiger partial charge in [-0.15, -0.1) is 0 Å². The van der Waals surface area contributed by atoms with Gasteiger partial charge in [0.05, 0.1) is 11.1 Å². The second kappa shape index (κ2) is 4.84. The number of allylic oxidation sites excluding steroid dienone is 1. The molecule has 0 bridgehead atoms. The summed E-state index contributed by atoms with van der Waals surface area (Å²) in [5.41, 5.74) is 2.92. The zero-order valence-electron chi connectivity index (χ0n) is 11.7. The molecule has 0 radical (unpaired) electrons. The summed E-state index contributed by atoms with van der Waals surface area (Å²) < 4.78 is 5.89. The standard InChI is InChI=1S/C18H13NO3/c20-13-5-7-14-16(10-13)22-18-11(4-6-15(18)17(14)21)9-12-3-1-2-8-19-12/h1-3,5,7-10,20H,4,6H2. The highest BCUT2D eigenvalue weighted by molar-refractivity contribution is 5.86. The molecule has 0 saturated heterocycles. The number of aromatic hydroxyl groups is 1. The number of benzene rings is 1. The molecule has 108 valence electrons. The molecule has 22 heavy (non-hydrogen) atoms. The molecule has 0 aliphatic heterocycles. The first-order chi connectivity index (χ1) is 10.7. The predicted octanol–water partition coefficient (Wildman–Crippen LogP) is 3.38. The average Bonchev–Trinajstić information content (AvgIpc) is 2.91. The topological polar surface area (TPSA) is 63.3 Å². The number of hydrogen-bond acceptors (Lipinski definition) is 4. The van der Waals surface area contributed by atoms with Crippen molar-refractivity contribution >= 4 is 22.6 Å². The van der Waals surface area contributed by atoms with Gasteiger partial charge in [0.25, 0.3) is 0 Å². The van der Waals surface area contributed by atoms with Gasteiger partial charge in [-0.1, -0.05) is 6.07 Å². The lowest BCUT2D eigenvalue weighted by atomic mass is 10.1. The van der Waals surface area contributed by atoms with E-state index in [0.29, 0.717) is 28.7 Å². The Labute approximate surface area is 126 Å². The summed E-state index contributed by atoms with van der Waals surface area (Å²) in [6.07, 6.45) is 5.11. The monoisotopic (exact) mass is 291 g/mol. The molecule has 1 aliphatic carbocycles. The van der Waals surface area contributed by atoms with Gasteiger partial charge < -0.3 is 9.52 Å². The van der Waals surface area contributed by atoms with E-state index in [9.17, 15) is 9.90 Å². The number of rotatable bonds is 1. The summed E-state index contributed by atoms with van der Waals surface area (Å²) >= 11 is 0. The first-order valence-electron chi connectivity index (χ1n) is 7.13. The summed E-state index contributed by atoms with van der Waals surface area (Å²) in [6.45, 7) is 0. The number of aromatic nitrogens is 1. The third-order valence-electron chi connectivity index (χ3n) is 3.92. The predicted molar refractivity (Wildman–Crippen MR) is 84.6 cm³/mol. The van der Waals surface area contributed by atoms with Crippen LogP contribution in [0.3, 0.4) is 0 Å². The molecular weight excluding hydrogens is 278 g/mol. The quantitative estimate of drug-likeness (QED) is 0.746. The van der Waals surface area contributed by atoms with Crippen LogP contribution in [-0.2, 0) is 6.42 Å². The van der Waals surface area contributed by atoms with E-state index < -0.39 is 0 Å². The second-order valence-corrected chi connectivity index (χ2v) is 5.34. The molecule has 1 N–H and O–H groups in total. The summed E-state index contributed by atoms with van der Waals surface area (Å²) in [6, 6.07) is 10.3. The van der Waals surface area contributed by atoms with E-state index in [2.05, 4.69) is 4.98 Å². The third-order valence-corrected chi connectivity index (χ3v) is 3.92. The van der Waals surface area contributed by atoms with Crippen molar-refractivity contribution in [1.82, 2.24) is 4.98 Å². The largest absolute Gasteiger partial charge is 0.508 e. The van der Waals surface area contributed by atoms with Gasteiger partial charge in [0.2, 0.25) is 0 Å². The maximum absolute atomic E-state index is 12.5. The van der Waals surface area contributed by atoms with Crippen LogP contribution < -0.4 is 5.43 Å². The zero-order valence-corrected chi connectivity index (χ0v) is 11.7. The molecule has 4 nitrogen and oxygen atoms in total. The lowest BCUT2D eigenvalue weighted by Gasteiger charge is -2.04. The molecule has 2 heterocycles. The number of pyridine rings is 1. The summed E-state index contributed by atoms with van der Waals surface area (Å²) in [4.78, 5) is 16.8. The normalized spacial score (nSPS) is 15.4. The van der Waals surface area contributed by atoms with E-state index in [1.54, 1.807) is 12.3 Å². The molecule has 0 atom stereocenters. The number of nitrogens with zero attached hydrogens (tertiary/aromatic N) is 1. The van der Waals surface area contributed by atoms with Gasteiger partial charge in [-0.25, -0.2) is 0 Å². The Hall–Kier alpha value is -2.88. The minimum Gasteiger partial charge on any atom is -0.508 e. The smallest absolute Gasteiger partial charge is 0.196 e. The molecule has 1 aliphatic rings. The maximum atomic E-state index is 12.5. The van der Waals surface area contributed by atoms with Gasteiger partial charge in [-0.05, 0) is 48.8 Å². The van der Waals surface area contributed by atoms with Gasteiger partial charge in [0.15, 0.2) is 5.43 Å². The van der Waals surface area contributed by atoms with Crippen molar-refractivity contribution in [2.75, 3.05) is 0 Å². The highest BCUT2D eigenvalue weighted by Gasteiger charge is 2.24. The summed E-state index contributed by atoms with van der Waals surface area (Å²) in [5.74, 6) is 0.706. The highest BCUT2D eigenvalue weighted by atomic mass is 16.3. The van der Waals surface area contributed by atoms with Crippen LogP contribution in [0.5, 0.6) is 5.75 Å². The lowest BCUT2D eigenvalue weighted by Crippen LogP contribution is -2.08. The molecule has 2 aromatic heterocycles. The van der Waals surface area contributed by atoms with Crippen molar-refractivity contribution in [3.05, 3.63) is 69.8 Å². The number of phenolic OH excluding ortho intramolecular Hbond substituents is 1. The maximum Gasteiger partial charge on any atom is 0.196 e. The minimum absolute atomic E-state index is 0.0133. The van der Waals surface area contributed by atoms with E-state index in [1.165, 1.54) is 12.1 Å². The van der Waals surface area contributed by atoms with Crippen LogP contribution >= 0.6 is 0 Å². The lowest BCUT2D eigenvalue weighted by molar-refractivity contribution is 0.473. The van der Waals surface area contributed by atoms with Gasteiger partial charge in [0, 0.05) is 17.8 Å². The van der Waals surface area contributed by atoms with Crippen molar-refractivity contribution < 1.29 is 9.52 Å². The molecule has 0 spiro atoms. The summed E-state index contributed by atoms with van der Waals surface area (Å²) in [5, 5.41) is 10.1. The second-order valence-electron chi connectivity index (χ2n) is 5.34. The first-order valence-corrected chi connectivity index (χ1v) is 7.13. The van der Waals surface area contributed by atoms with Crippen LogP contribution in [0.1, 0.15) is 23.4 Å². The Morgan fingerprint density at radius 2 is 2.09 bits per heavy atom. The van der Waals surface area contributed by atoms with Crippen LogP contribution in [0.25, 0.3) is 22.6 Å². The fourth-order valence-electron chi connectivity index (χ4n) is 2.86. The van der Waals surface area contributed by atoms with Gasteiger partial charge in [-0.2, -0.15) is 0 Å². The van der Waals surface area contributed by atoms with E-state index in [1.807, 2.05) is 24.3 Å². The fraction of sp³-hybridized carbons (Fsp3) is 0.111. The summed E-state index contributed by atoms with van der Waals surface area (Å²) in [7, 11) is 0. The van der Waals surface area contributed by atoms with E-state index in [0.717, 1.165) is 17.7 Å². The number of hydrogen-bond donors (Lipinski definition) is 1. The minimum atomic E-state index is -0.0133. The van der Waals surface area contributed by atoms with Crippen molar-refractivity contribution in [2.24, 2.45) is 0 Å². The van der Waals surface area contributed by atoms with Crippen molar-refractivity contribution in [3.8, 4) is 5.75 Å². The molecule has 1 aromatic carbocycles. The Kier molecular flexibility index (Phi) is 2.82. The van der Waals surface area contributed by atoms with Gasteiger partial charge in [0.1, 0.15) is 17.1 Å². The highest BCUT2D eigenvalue weighted by Crippen LogP contribution is 2.34. The molecule has 0 fully saturated rings. The van der Waals surface area contributed by atoms with E-state index in [-0.39, 0.29) is 11.2 Å². The Balaban J connectivity index is 1.93. The molecule has 4 rings (SSSR count). The SMILES string of the molecule is O=c1c2c(oc3cc(O)ccc13)C(=Cc1ccccn1)CC2. The molecular formula is C18H13NO3. The fourth-order valence-corrected chi connectivity index (χ4v) is 2.86. The van der Waals surface area contributed by atoms with Crippen molar-refractivity contribution in [3.63, 3.8) is 0 Å². The van der Waals surface area contributed by atoms with Crippen molar-refractivity contribution in [2.45, 2.75) is 12.8 Å². The first kappa shape index (κ1) is 12.8. The van der Waals surface area contributed by atoms with E-state index >= 15 is 0 Å². The molecule has 4 heteroatoms. The Morgan fingerprint density at radius 3 is 2.91 bits per heavy atom. The third kappa shape index (κ3) is 2.00. The van der Waals surface area contributed by atoms with Crippen molar-refractivity contribution in [1.29, 1.82) is 0 Å². The van der Waals surface area contributed by atoms with Crippen LogP contribution in [0, 0.1) is 0 Å². The zero-order chi connectivity index (χ0) is 15.1. The van der Waals surface area contributed by atoms with Crippen LogP contribution in [0.2, 0.25) is 0 Å². The molecule has 0 amide bonds. The Bertz CT molecular complexity index is 955. The van der Waals surface area contributed by atoms with E-state index in [4.69, 9.17) is 4.42 Å². The van der Waals surface area contributed by atoms with Gasteiger partial charge in [-0.3, -0.25) is 9.78 Å². The van der Waals surface area contributed by atoms with Gasteiger partial charge >= 0.3 is 0 Å². The number of phenols is 1. The molecule has 0 unspecified atom stereocenters. The molecule has 0 saturated carbocycles. The van der Waals surface area contributed by atoms with Crippen LogP contribution in [-0.4, -0.2) is 10.1 Å². The number of fused-ring (bicyclic) bond motifs is 2. The Morgan fingerprint density at radius 1 is 1.18 bits per heavy atom. The average molecular weight is 291 g/mol. The van der Waals surface area contributed by atoms with Crippen LogP contribution in [0.15, 0.2) is 51.8 Å². The van der Waals surface area contributed by atoms with Crippen LogP contribution in [0.4, 0.5) is 0 Å². The molecule has 3 aromatic rings.